The van der Waals surface area contributed by atoms with Crippen LogP contribution in [0, 0.1) is 10.1 Å². The maximum Gasteiger partial charge on any atom is 0.271 e. The second-order valence-electron chi connectivity index (χ2n) is 2.97. The summed E-state index contributed by atoms with van der Waals surface area (Å²) < 4.78 is 22.4. The van der Waals surface area contributed by atoms with Crippen molar-refractivity contribution >= 4 is 36.3 Å². The Morgan fingerprint density at radius 2 is 2.12 bits per heavy atom. The van der Waals surface area contributed by atoms with Gasteiger partial charge in [-0.1, -0.05) is 0 Å². The molecule has 0 saturated heterocycles. The van der Waals surface area contributed by atoms with Crippen LogP contribution in [0.3, 0.4) is 0 Å². The number of H-pyrrole nitrogens is 1. The zero-order valence-electron chi connectivity index (χ0n) is 7.55. The van der Waals surface area contributed by atoms with E-state index >= 15 is 0 Å². The van der Waals surface area contributed by atoms with E-state index in [1.807, 2.05) is 0 Å². The number of halogens is 1. The molecule has 0 atom stereocenters. The van der Waals surface area contributed by atoms with Gasteiger partial charge in [-0.25, -0.2) is 8.42 Å². The molecule has 0 unspecified atom stereocenters. The third kappa shape index (κ3) is 1.72. The van der Waals surface area contributed by atoms with Gasteiger partial charge in [-0.3, -0.25) is 15.2 Å². The number of non-ortho nitro benzene ring substituents is 1. The lowest BCUT2D eigenvalue weighted by atomic mass is 10.2. The standard InChI is InChI=1S/C7H4ClN3O4S/c8-16(14,15)6-2-5(11(12)13)1-4-3-9-10-7(4)6/h1-3H,(H,9,10). The van der Waals surface area contributed by atoms with E-state index in [4.69, 9.17) is 10.7 Å². The quantitative estimate of drug-likeness (QED) is 0.499. The van der Waals surface area contributed by atoms with Crippen molar-refractivity contribution in [3.8, 4) is 0 Å². The Morgan fingerprint density at radius 3 is 2.69 bits per heavy atom. The number of nitro benzene ring substituents is 1. The van der Waals surface area contributed by atoms with Crippen molar-refractivity contribution < 1.29 is 13.3 Å². The first-order valence-corrected chi connectivity index (χ1v) is 6.27. The number of hydrogen-bond acceptors (Lipinski definition) is 5. The summed E-state index contributed by atoms with van der Waals surface area (Å²) in [6, 6.07) is 2.10. The molecule has 1 N–H and O–H groups in total. The molecule has 0 spiro atoms. The number of nitro groups is 1. The molecule has 0 radical (unpaired) electrons. The minimum absolute atomic E-state index is 0.153. The van der Waals surface area contributed by atoms with E-state index in [9.17, 15) is 18.5 Å². The molecular weight excluding hydrogens is 258 g/mol. The Hall–Kier alpha value is -1.67. The summed E-state index contributed by atoms with van der Waals surface area (Å²) in [5.41, 5.74) is -0.200. The molecule has 0 amide bonds. The fourth-order valence-corrected chi connectivity index (χ4v) is 2.34. The normalized spacial score (nSPS) is 11.8. The van der Waals surface area contributed by atoms with E-state index in [2.05, 4.69) is 10.2 Å². The van der Waals surface area contributed by atoms with Crippen LogP contribution in [0.1, 0.15) is 0 Å². The fraction of sp³-hybridized carbons (Fsp3) is 0. The molecule has 2 aromatic rings. The largest absolute Gasteiger partial charge is 0.276 e. The molecule has 0 aliphatic carbocycles. The molecule has 0 aliphatic rings. The minimum Gasteiger partial charge on any atom is -0.276 e. The Bertz CT molecular complexity index is 678. The van der Waals surface area contributed by atoms with Crippen molar-refractivity contribution in [2.75, 3.05) is 0 Å². The van der Waals surface area contributed by atoms with E-state index in [1.54, 1.807) is 0 Å². The molecule has 1 aromatic carbocycles. The van der Waals surface area contributed by atoms with Gasteiger partial charge in [0, 0.05) is 28.2 Å². The predicted molar refractivity (Wildman–Crippen MR) is 55.8 cm³/mol. The number of fused-ring (bicyclic) bond motifs is 1. The number of hydrogen-bond donors (Lipinski definition) is 1. The Morgan fingerprint density at radius 1 is 1.44 bits per heavy atom. The summed E-state index contributed by atoms with van der Waals surface area (Å²) >= 11 is 0. The smallest absolute Gasteiger partial charge is 0.271 e. The van der Waals surface area contributed by atoms with Gasteiger partial charge in [0.05, 0.1) is 16.6 Å². The molecule has 0 saturated carbocycles. The van der Waals surface area contributed by atoms with Crippen LogP contribution >= 0.6 is 10.7 Å². The van der Waals surface area contributed by atoms with Crippen LogP contribution in [0.5, 0.6) is 0 Å². The number of aromatic amines is 1. The van der Waals surface area contributed by atoms with Crippen LogP contribution in [0.4, 0.5) is 5.69 Å². The van der Waals surface area contributed by atoms with Gasteiger partial charge >= 0.3 is 0 Å². The van der Waals surface area contributed by atoms with Crippen LogP contribution in [-0.4, -0.2) is 23.5 Å². The number of benzene rings is 1. The number of aromatic nitrogens is 2. The third-order valence-corrected chi connectivity index (χ3v) is 3.32. The van der Waals surface area contributed by atoms with E-state index < -0.39 is 14.0 Å². The van der Waals surface area contributed by atoms with Gasteiger partial charge in [-0.15, -0.1) is 0 Å². The van der Waals surface area contributed by atoms with Crippen molar-refractivity contribution in [1.29, 1.82) is 0 Å². The van der Waals surface area contributed by atoms with Crippen molar-refractivity contribution in [3.63, 3.8) is 0 Å². The highest BCUT2D eigenvalue weighted by atomic mass is 35.7. The average Bonchev–Trinajstić information content (AvgIpc) is 2.61. The van der Waals surface area contributed by atoms with Crippen LogP contribution < -0.4 is 0 Å². The van der Waals surface area contributed by atoms with Crippen molar-refractivity contribution in [1.82, 2.24) is 10.2 Å². The molecule has 16 heavy (non-hydrogen) atoms. The van der Waals surface area contributed by atoms with Crippen molar-refractivity contribution in [3.05, 3.63) is 28.4 Å². The van der Waals surface area contributed by atoms with Gasteiger partial charge in [0.25, 0.3) is 14.7 Å². The first-order chi connectivity index (χ1) is 7.39. The van der Waals surface area contributed by atoms with E-state index in [0.29, 0.717) is 5.39 Å². The lowest BCUT2D eigenvalue weighted by molar-refractivity contribution is -0.384. The highest BCUT2D eigenvalue weighted by molar-refractivity contribution is 8.14. The predicted octanol–water partition coefficient (Wildman–Crippen LogP) is 1.40. The molecule has 7 nitrogen and oxygen atoms in total. The highest BCUT2D eigenvalue weighted by Crippen LogP contribution is 2.28. The Balaban J connectivity index is 2.89. The van der Waals surface area contributed by atoms with Gasteiger partial charge in [-0.05, 0) is 0 Å². The van der Waals surface area contributed by atoms with E-state index in [1.165, 1.54) is 12.3 Å². The Labute approximate surface area is 93.6 Å². The van der Waals surface area contributed by atoms with Gasteiger partial charge in [0.1, 0.15) is 4.90 Å². The van der Waals surface area contributed by atoms with Crippen molar-refractivity contribution in [2.45, 2.75) is 4.90 Å². The molecule has 0 aliphatic heterocycles. The summed E-state index contributed by atoms with van der Waals surface area (Å²) in [6.45, 7) is 0. The van der Waals surface area contributed by atoms with Gasteiger partial charge < -0.3 is 0 Å². The van der Waals surface area contributed by atoms with Crippen LogP contribution in [-0.2, 0) is 9.05 Å². The second kappa shape index (κ2) is 3.42. The first kappa shape index (κ1) is 10.8. The maximum atomic E-state index is 11.2. The topological polar surface area (TPSA) is 106 Å². The summed E-state index contributed by atoms with van der Waals surface area (Å²) in [7, 11) is 1.11. The lowest BCUT2D eigenvalue weighted by Crippen LogP contribution is -1.95. The molecule has 1 aromatic heterocycles. The van der Waals surface area contributed by atoms with Crippen LogP contribution in [0.2, 0.25) is 0 Å². The zero-order valence-corrected chi connectivity index (χ0v) is 9.12. The van der Waals surface area contributed by atoms with Gasteiger partial charge in [0.15, 0.2) is 0 Å². The summed E-state index contributed by atoms with van der Waals surface area (Å²) in [5, 5.41) is 16.9. The van der Waals surface area contributed by atoms with Crippen LogP contribution in [0.25, 0.3) is 10.9 Å². The molecular formula is C7H4ClN3O4S. The van der Waals surface area contributed by atoms with E-state index in [0.717, 1.165) is 6.07 Å². The first-order valence-electron chi connectivity index (χ1n) is 3.96. The molecule has 84 valence electrons. The van der Waals surface area contributed by atoms with Crippen LogP contribution in [0.15, 0.2) is 23.2 Å². The molecule has 0 bridgehead atoms. The second-order valence-corrected chi connectivity index (χ2v) is 5.51. The van der Waals surface area contributed by atoms with Crippen molar-refractivity contribution in [2.24, 2.45) is 0 Å². The average molecular weight is 262 g/mol. The lowest BCUT2D eigenvalue weighted by Gasteiger charge is -1.98. The number of nitrogens with one attached hydrogen (secondary N) is 1. The van der Waals surface area contributed by atoms with Gasteiger partial charge in [0.2, 0.25) is 0 Å². The maximum absolute atomic E-state index is 11.2. The summed E-state index contributed by atoms with van der Waals surface area (Å²) in [6.07, 6.45) is 1.29. The number of rotatable bonds is 2. The van der Waals surface area contributed by atoms with Gasteiger partial charge in [-0.2, -0.15) is 5.10 Å². The fourth-order valence-electron chi connectivity index (χ4n) is 1.31. The summed E-state index contributed by atoms with van der Waals surface area (Å²) in [4.78, 5) is 9.54. The SMILES string of the molecule is O=[N+]([O-])c1cc(S(=O)(=O)Cl)c2[nH]ncc2c1. The summed E-state index contributed by atoms with van der Waals surface area (Å²) in [5.74, 6) is 0. The van der Waals surface area contributed by atoms with E-state index in [-0.39, 0.29) is 16.1 Å². The highest BCUT2D eigenvalue weighted by Gasteiger charge is 2.20. The molecule has 9 heteroatoms. The molecule has 2 rings (SSSR count). The third-order valence-electron chi connectivity index (χ3n) is 1.97. The number of nitrogens with zero attached hydrogens (tertiary/aromatic N) is 2. The zero-order chi connectivity index (χ0) is 11.9. The minimum atomic E-state index is -4.06. The molecule has 0 fully saturated rings. The molecule has 1 heterocycles. The Kier molecular flexibility index (Phi) is 2.32. The monoisotopic (exact) mass is 261 g/mol.